The van der Waals surface area contributed by atoms with Crippen LogP contribution in [0.5, 0.6) is 0 Å². The number of imidazole rings is 1. The number of carboxylic acids is 1. The Morgan fingerprint density at radius 2 is 2.16 bits per heavy atom. The Morgan fingerprint density at radius 3 is 2.74 bits per heavy atom. The highest BCUT2D eigenvalue weighted by Gasteiger charge is 2.25. The first-order valence-electron chi connectivity index (χ1n) is 6.34. The predicted octanol–water partition coefficient (Wildman–Crippen LogP) is 3.64. The van der Waals surface area contributed by atoms with Crippen LogP contribution in [0, 0.1) is 5.92 Å². The summed E-state index contributed by atoms with van der Waals surface area (Å²) >= 11 is 3.43. The van der Waals surface area contributed by atoms with Crippen LogP contribution < -0.4 is 0 Å². The standard InChI is InChI=1S/C14H17BrN2O2/c1-4-17-12-6-5-10(15)7-11(12)16-13(17)8(2)9(3)14(18)19/h5-9H,4H2,1-3H3,(H,18,19). The van der Waals surface area contributed by atoms with Crippen molar-refractivity contribution in [1.29, 1.82) is 0 Å². The van der Waals surface area contributed by atoms with Crippen molar-refractivity contribution in [2.75, 3.05) is 0 Å². The molecule has 0 aliphatic carbocycles. The summed E-state index contributed by atoms with van der Waals surface area (Å²) in [5.41, 5.74) is 1.95. The van der Waals surface area contributed by atoms with E-state index in [0.717, 1.165) is 27.9 Å². The van der Waals surface area contributed by atoms with Crippen molar-refractivity contribution in [2.24, 2.45) is 5.92 Å². The maximum atomic E-state index is 11.1. The van der Waals surface area contributed by atoms with Gasteiger partial charge in [0.15, 0.2) is 0 Å². The van der Waals surface area contributed by atoms with Crippen LogP contribution in [0.1, 0.15) is 32.5 Å². The van der Waals surface area contributed by atoms with Gasteiger partial charge < -0.3 is 9.67 Å². The van der Waals surface area contributed by atoms with Crippen molar-refractivity contribution in [3.8, 4) is 0 Å². The number of nitrogens with zero attached hydrogens (tertiary/aromatic N) is 2. The lowest BCUT2D eigenvalue weighted by atomic mass is 9.95. The zero-order valence-corrected chi connectivity index (χ0v) is 12.8. The van der Waals surface area contributed by atoms with Crippen LogP contribution in [0.4, 0.5) is 0 Å². The van der Waals surface area contributed by atoms with Gasteiger partial charge in [-0.3, -0.25) is 4.79 Å². The number of halogens is 1. The van der Waals surface area contributed by atoms with E-state index in [-0.39, 0.29) is 5.92 Å². The molecule has 2 unspecified atom stereocenters. The first-order valence-corrected chi connectivity index (χ1v) is 7.13. The Bertz CT molecular complexity index is 621. The summed E-state index contributed by atoms with van der Waals surface area (Å²) in [6, 6.07) is 5.95. The maximum absolute atomic E-state index is 11.1. The zero-order chi connectivity index (χ0) is 14.2. The Morgan fingerprint density at radius 1 is 1.47 bits per heavy atom. The van der Waals surface area contributed by atoms with Crippen LogP contribution in [0.3, 0.4) is 0 Å². The van der Waals surface area contributed by atoms with Crippen LogP contribution in [0.2, 0.25) is 0 Å². The van der Waals surface area contributed by atoms with Gasteiger partial charge in [0.25, 0.3) is 0 Å². The van der Waals surface area contributed by atoms with Crippen LogP contribution in [0.25, 0.3) is 11.0 Å². The van der Waals surface area contributed by atoms with Gasteiger partial charge in [0.2, 0.25) is 0 Å². The van der Waals surface area contributed by atoms with E-state index in [4.69, 9.17) is 5.11 Å². The molecule has 102 valence electrons. The molecule has 1 aromatic carbocycles. The summed E-state index contributed by atoms with van der Waals surface area (Å²) in [5.74, 6) is -0.525. The van der Waals surface area contributed by atoms with Crippen molar-refractivity contribution >= 4 is 32.9 Å². The minimum absolute atomic E-state index is 0.122. The van der Waals surface area contributed by atoms with Gasteiger partial charge in [-0.2, -0.15) is 0 Å². The molecule has 2 rings (SSSR count). The van der Waals surface area contributed by atoms with Crippen molar-refractivity contribution in [3.63, 3.8) is 0 Å². The van der Waals surface area contributed by atoms with E-state index < -0.39 is 11.9 Å². The summed E-state index contributed by atoms with van der Waals surface area (Å²) in [5, 5.41) is 9.15. The molecule has 0 aliphatic heterocycles. The lowest BCUT2D eigenvalue weighted by molar-refractivity contribution is -0.141. The molecule has 5 heteroatoms. The highest BCUT2D eigenvalue weighted by atomic mass is 79.9. The Hall–Kier alpha value is -1.36. The van der Waals surface area contributed by atoms with E-state index in [1.54, 1.807) is 6.92 Å². The van der Waals surface area contributed by atoms with Crippen LogP contribution in [-0.2, 0) is 11.3 Å². The minimum atomic E-state index is -0.789. The van der Waals surface area contributed by atoms with E-state index in [9.17, 15) is 4.79 Å². The molecule has 0 fully saturated rings. The van der Waals surface area contributed by atoms with Crippen LogP contribution in [0.15, 0.2) is 22.7 Å². The molecule has 19 heavy (non-hydrogen) atoms. The van der Waals surface area contributed by atoms with Gasteiger partial charge in [-0.05, 0) is 25.1 Å². The number of aryl methyl sites for hydroxylation is 1. The monoisotopic (exact) mass is 324 g/mol. The lowest BCUT2D eigenvalue weighted by Crippen LogP contribution is -2.19. The van der Waals surface area contributed by atoms with Gasteiger partial charge in [-0.25, -0.2) is 4.98 Å². The first-order chi connectivity index (χ1) is 8.95. The Balaban J connectivity index is 2.56. The molecular formula is C14H17BrN2O2. The smallest absolute Gasteiger partial charge is 0.306 e. The molecule has 0 aliphatic rings. The average molecular weight is 325 g/mol. The van der Waals surface area contributed by atoms with Gasteiger partial charge >= 0.3 is 5.97 Å². The molecule has 0 spiro atoms. The molecule has 0 saturated heterocycles. The number of carbonyl (C=O) groups is 1. The van der Waals surface area contributed by atoms with E-state index in [1.807, 2.05) is 32.0 Å². The quantitative estimate of drug-likeness (QED) is 0.934. The molecule has 0 saturated carbocycles. The van der Waals surface area contributed by atoms with Crippen molar-refractivity contribution in [1.82, 2.24) is 9.55 Å². The highest BCUT2D eigenvalue weighted by Crippen LogP contribution is 2.28. The second kappa shape index (κ2) is 5.33. The molecular weight excluding hydrogens is 308 g/mol. The van der Waals surface area contributed by atoms with Crippen molar-refractivity contribution < 1.29 is 9.90 Å². The van der Waals surface area contributed by atoms with E-state index in [2.05, 4.69) is 25.5 Å². The third-order valence-electron chi connectivity index (χ3n) is 3.60. The number of aliphatic carboxylic acids is 1. The van der Waals surface area contributed by atoms with Crippen molar-refractivity contribution in [3.05, 3.63) is 28.5 Å². The number of carboxylic acid groups (broad SMARTS) is 1. The van der Waals surface area contributed by atoms with E-state index >= 15 is 0 Å². The summed E-state index contributed by atoms with van der Waals surface area (Å²) in [4.78, 5) is 15.8. The summed E-state index contributed by atoms with van der Waals surface area (Å²) in [6.45, 7) is 6.47. The number of aromatic nitrogens is 2. The molecule has 1 heterocycles. The number of hydrogen-bond acceptors (Lipinski definition) is 2. The highest BCUT2D eigenvalue weighted by molar-refractivity contribution is 9.10. The summed E-state index contributed by atoms with van der Waals surface area (Å²) in [6.07, 6.45) is 0. The number of rotatable bonds is 4. The SMILES string of the molecule is CCn1c(C(C)C(C)C(=O)O)nc2cc(Br)ccc21. The van der Waals surface area contributed by atoms with Crippen LogP contribution in [-0.4, -0.2) is 20.6 Å². The van der Waals surface area contributed by atoms with Crippen molar-refractivity contribution in [2.45, 2.75) is 33.2 Å². The second-order valence-electron chi connectivity index (χ2n) is 4.76. The van der Waals surface area contributed by atoms with Gasteiger partial charge in [0.1, 0.15) is 5.82 Å². The largest absolute Gasteiger partial charge is 0.481 e. The molecule has 2 atom stereocenters. The maximum Gasteiger partial charge on any atom is 0.306 e. The fourth-order valence-electron chi connectivity index (χ4n) is 2.24. The Kier molecular flexibility index (Phi) is 3.94. The summed E-state index contributed by atoms with van der Waals surface area (Å²) in [7, 11) is 0. The molecule has 0 radical (unpaired) electrons. The number of fused-ring (bicyclic) bond motifs is 1. The number of hydrogen-bond donors (Lipinski definition) is 1. The topological polar surface area (TPSA) is 55.1 Å². The molecule has 0 bridgehead atoms. The second-order valence-corrected chi connectivity index (χ2v) is 5.68. The fraction of sp³-hybridized carbons (Fsp3) is 0.429. The van der Waals surface area contributed by atoms with Gasteiger partial charge in [-0.15, -0.1) is 0 Å². The fourth-order valence-corrected chi connectivity index (χ4v) is 2.59. The third kappa shape index (κ3) is 2.52. The molecule has 0 amide bonds. The molecule has 4 nitrogen and oxygen atoms in total. The first kappa shape index (κ1) is 14.1. The molecule has 2 aromatic rings. The normalized spacial score (nSPS) is 14.5. The third-order valence-corrected chi connectivity index (χ3v) is 4.10. The predicted molar refractivity (Wildman–Crippen MR) is 78.3 cm³/mol. The van der Waals surface area contributed by atoms with Gasteiger partial charge in [-0.1, -0.05) is 29.8 Å². The summed E-state index contributed by atoms with van der Waals surface area (Å²) < 4.78 is 3.07. The molecule has 1 aromatic heterocycles. The van der Waals surface area contributed by atoms with Gasteiger partial charge in [0, 0.05) is 16.9 Å². The molecule has 1 N–H and O–H groups in total. The lowest BCUT2D eigenvalue weighted by Gasteiger charge is -2.16. The minimum Gasteiger partial charge on any atom is -0.481 e. The van der Waals surface area contributed by atoms with E-state index in [0.29, 0.717) is 0 Å². The average Bonchev–Trinajstić information content (AvgIpc) is 2.74. The van der Waals surface area contributed by atoms with E-state index in [1.165, 1.54) is 0 Å². The zero-order valence-electron chi connectivity index (χ0n) is 11.2. The number of benzene rings is 1. The van der Waals surface area contributed by atoms with Gasteiger partial charge in [0.05, 0.1) is 17.0 Å². The Labute approximate surface area is 120 Å². The van der Waals surface area contributed by atoms with Crippen LogP contribution >= 0.6 is 15.9 Å².